The number of likely N-dealkylation sites (tertiary alicyclic amines) is 1. The quantitative estimate of drug-likeness (QED) is 0.523. The summed E-state index contributed by atoms with van der Waals surface area (Å²) in [5.74, 6) is -1.84. The van der Waals surface area contributed by atoms with E-state index >= 15 is 0 Å². The van der Waals surface area contributed by atoms with Crippen molar-refractivity contribution in [3.05, 3.63) is 94.0 Å². The molecule has 0 radical (unpaired) electrons. The molecule has 3 aromatic rings. The molecule has 2 unspecified atom stereocenters. The van der Waals surface area contributed by atoms with E-state index in [4.69, 9.17) is 4.74 Å². The summed E-state index contributed by atoms with van der Waals surface area (Å²) in [5.41, 5.74) is 5.56. The maximum atomic E-state index is 12.9. The topological polar surface area (TPSA) is 66.8 Å². The molecule has 2 atom stereocenters. The zero-order chi connectivity index (χ0) is 22.2. The molecule has 0 spiro atoms. The second kappa shape index (κ2) is 8.43. The molecule has 1 heterocycles. The lowest BCUT2D eigenvalue weighted by molar-refractivity contribution is -0.141. The molecule has 1 N–H and O–H groups in total. The Labute approximate surface area is 194 Å². The van der Waals surface area contributed by atoms with E-state index in [1.54, 1.807) is 0 Å². The van der Waals surface area contributed by atoms with Crippen molar-refractivity contribution in [2.75, 3.05) is 19.7 Å². The summed E-state index contributed by atoms with van der Waals surface area (Å²) in [5, 5.41) is 9.73. The molecule has 5 rings (SSSR count). The van der Waals surface area contributed by atoms with Crippen LogP contribution in [0.5, 0.6) is 0 Å². The Morgan fingerprint density at radius 3 is 2.09 bits per heavy atom. The monoisotopic (exact) mass is 491 g/mol. The van der Waals surface area contributed by atoms with E-state index in [0.29, 0.717) is 6.54 Å². The lowest BCUT2D eigenvalue weighted by Crippen LogP contribution is -2.31. The van der Waals surface area contributed by atoms with Gasteiger partial charge in [-0.1, -0.05) is 76.6 Å². The maximum absolute atomic E-state index is 12.9. The van der Waals surface area contributed by atoms with Crippen LogP contribution in [0.2, 0.25) is 0 Å². The molecule has 1 aliphatic heterocycles. The van der Waals surface area contributed by atoms with Gasteiger partial charge in [0.2, 0.25) is 0 Å². The summed E-state index contributed by atoms with van der Waals surface area (Å²) in [4.78, 5) is 26.3. The molecule has 2 aliphatic rings. The lowest BCUT2D eigenvalue weighted by Gasteiger charge is -2.19. The normalized spacial score (nSPS) is 19.5. The van der Waals surface area contributed by atoms with E-state index in [0.717, 1.165) is 21.2 Å². The summed E-state index contributed by atoms with van der Waals surface area (Å²) in [7, 11) is 0. The van der Waals surface area contributed by atoms with Crippen LogP contribution in [0, 0.1) is 5.92 Å². The van der Waals surface area contributed by atoms with Gasteiger partial charge in [-0.3, -0.25) is 4.79 Å². The fourth-order valence-electron chi connectivity index (χ4n) is 4.94. The number of amides is 1. The zero-order valence-electron chi connectivity index (χ0n) is 17.3. The van der Waals surface area contributed by atoms with Crippen molar-refractivity contribution in [3.63, 3.8) is 0 Å². The molecule has 5 nitrogen and oxygen atoms in total. The van der Waals surface area contributed by atoms with Crippen LogP contribution in [0.25, 0.3) is 11.1 Å². The number of benzene rings is 3. The van der Waals surface area contributed by atoms with Crippen LogP contribution in [-0.2, 0) is 9.53 Å². The summed E-state index contributed by atoms with van der Waals surface area (Å²) < 4.78 is 6.67. The smallest absolute Gasteiger partial charge is 0.409 e. The Balaban J connectivity index is 1.32. The van der Waals surface area contributed by atoms with Crippen molar-refractivity contribution < 1.29 is 19.4 Å². The highest BCUT2D eigenvalue weighted by atomic mass is 79.9. The van der Waals surface area contributed by atoms with Crippen LogP contribution in [0.4, 0.5) is 4.79 Å². The van der Waals surface area contributed by atoms with Crippen molar-refractivity contribution in [2.24, 2.45) is 5.92 Å². The van der Waals surface area contributed by atoms with E-state index in [2.05, 4.69) is 40.2 Å². The highest BCUT2D eigenvalue weighted by Gasteiger charge is 2.41. The van der Waals surface area contributed by atoms with E-state index in [1.807, 2.05) is 48.5 Å². The van der Waals surface area contributed by atoms with Gasteiger partial charge in [0.25, 0.3) is 0 Å². The highest BCUT2D eigenvalue weighted by Crippen LogP contribution is 2.44. The number of fused-ring (bicyclic) bond motifs is 3. The van der Waals surface area contributed by atoms with Gasteiger partial charge >= 0.3 is 12.1 Å². The highest BCUT2D eigenvalue weighted by molar-refractivity contribution is 9.10. The van der Waals surface area contributed by atoms with Crippen LogP contribution in [-0.4, -0.2) is 41.8 Å². The number of hydrogen-bond acceptors (Lipinski definition) is 3. The van der Waals surface area contributed by atoms with Crippen molar-refractivity contribution in [2.45, 2.75) is 11.8 Å². The Morgan fingerprint density at radius 2 is 1.50 bits per heavy atom. The molecular formula is C26H22BrNO4. The van der Waals surface area contributed by atoms with Crippen molar-refractivity contribution in [1.29, 1.82) is 0 Å². The molecule has 0 aromatic heterocycles. The average molecular weight is 492 g/mol. The van der Waals surface area contributed by atoms with Crippen molar-refractivity contribution in [3.8, 4) is 11.1 Å². The Morgan fingerprint density at radius 1 is 0.906 bits per heavy atom. The minimum absolute atomic E-state index is 0.0218. The van der Waals surface area contributed by atoms with Gasteiger partial charge in [0.15, 0.2) is 0 Å². The molecular weight excluding hydrogens is 470 g/mol. The van der Waals surface area contributed by atoms with Crippen molar-refractivity contribution in [1.82, 2.24) is 4.90 Å². The Bertz CT molecular complexity index is 1130. The molecule has 3 aromatic carbocycles. The fourth-order valence-corrected chi connectivity index (χ4v) is 5.20. The Kier molecular flexibility index (Phi) is 5.47. The number of carbonyl (C=O) groups excluding carboxylic acids is 1. The van der Waals surface area contributed by atoms with Crippen LogP contribution < -0.4 is 0 Å². The van der Waals surface area contributed by atoms with Crippen LogP contribution >= 0.6 is 15.9 Å². The lowest BCUT2D eigenvalue weighted by atomic mass is 9.89. The molecule has 0 bridgehead atoms. The molecule has 162 valence electrons. The summed E-state index contributed by atoms with van der Waals surface area (Å²) in [6, 6.07) is 24.0. The fraction of sp³-hybridized carbons (Fsp3) is 0.231. The first-order chi connectivity index (χ1) is 15.5. The summed E-state index contributed by atoms with van der Waals surface area (Å²) >= 11 is 3.41. The number of aliphatic carboxylic acids is 1. The third-order valence-electron chi connectivity index (χ3n) is 6.53. The van der Waals surface area contributed by atoms with E-state index in [1.165, 1.54) is 16.0 Å². The first-order valence-corrected chi connectivity index (χ1v) is 11.4. The van der Waals surface area contributed by atoms with E-state index in [-0.39, 0.29) is 25.0 Å². The van der Waals surface area contributed by atoms with Gasteiger partial charge < -0.3 is 14.7 Å². The van der Waals surface area contributed by atoms with Gasteiger partial charge in [-0.2, -0.15) is 0 Å². The number of ether oxygens (including phenoxy) is 1. The van der Waals surface area contributed by atoms with Gasteiger partial charge in [-0.15, -0.1) is 0 Å². The van der Waals surface area contributed by atoms with Crippen LogP contribution in [0.15, 0.2) is 77.3 Å². The van der Waals surface area contributed by atoms with Gasteiger partial charge in [0.1, 0.15) is 6.61 Å². The molecule has 32 heavy (non-hydrogen) atoms. The maximum Gasteiger partial charge on any atom is 0.409 e. The number of nitrogens with zero attached hydrogens (tertiary/aromatic N) is 1. The number of carboxylic acids is 1. The zero-order valence-corrected chi connectivity index (χ0v) is 18.9. The molecule has 1 amide bonds. The first-order valence-electron chi connectivity index (χ1n) is 10.6. The van der Waals surface area contributed by atoms with Crippen LogP contribution in [0.3, 0.4) is 0 Å². The minimum atomic E-state index is -0.896. The molecule has 1 aliphatic carbocycles. The van der Waals surface area contributed by atoms with E-state index in [9.17, 15) is 14.7 Å². The standard InChI is InChI=1S/C26H22BrNO4/c27-17-11-9-16(10-12-17)22-13-28(14-23(22)25(29)30)26(31)32-15-24-20-7-3-1-5-18(20)19-6-2-4-8-21(19)24/h1-12,22-24H,13-15H2,(H,29,30). The second-order valence-electron chi connectivity index (χ2n) is 8.31. The summed E-state index contributed by atoms with van der Waals surface area (Å²) in [6.45, 7) is 0.700. The summed E-state index contributed by atoms with van der Waals surface area (Å²) in [6.07, 6.45) is -0.460. The predicted molar refractivity (Wildman–Crippen MR) is 125 cm³/mol. The van der Waals surface area contributed by atoms with Gasteiger partial charge in [-0.25, -0.2) is 4.79 Å². The van der Waals surface area contributed by atoms with Crippen molar-refractivity contribution >= 4 is 28.0 Å². The largest absolute Gasteiger partial charge is 0.481 e. The number of halogens is 1. The second-order valence-corrected chi connectivity index (χ2v) is 9.23. The third-order valence-corrected chi connectivity index (χ3v) is 7.06. The average Bonchev–Trinajstić information content (AvgIpc) is 3.39. The van der Waals surface area contributed by atoms with Gasteiger partial charge in [0, 0.05) is 29.4 Å². The van der Waals surface area contributed by atoms with Crippen LogP contribution in [0.1, 0.15) is 28.5 Å². The minimum Gasteiger partial charge on any atom is -0.481 e. The SMILES string of the molecule is O=C(O)C1CN(C(=O)OCC2c3ccccc3-c3ccccc32)CC1c1ccc(Br)cc1. The number of rotatable bonds is 4. The number of carbonyl (C=O) groups is 2. The number of hydrogen-bond donors (Lipinski definition) is 1. The van der Waals surface area contributed by atoms with Gasteiger partial charge in [-0.05, 0) is 39.9 Å². The molecule has 0 saturated carbocycles. The molecule has 6 heteroatoms. The van der Waals surface area contributed by atoms with E-state index < -0.39 is 18.0 Å². The molecule has 1 fully saturated rings. The molecule has 1 saturated heterocycles. The Hall–Kier alpha value is -3.12. The first kappa shape index (κ1) is 20.8. The van der Waals surface area contributed by atoms with Gasteiger partial charge in [0.05, 0.1) is 5.92 Å². The third kappa shape index (κ3) is 3.69. The predicted octanol–water partition coefficient (Wildman–Crippen LogP) is 5.50. The number of carboxylic acid groups (broad SMARTS) is 1.